The molecule has 5 nitrogen and oxygen atoms in total. The second kappa shape index (κ2) is 9.27. The number of rotatable bonds is 9. The van der Waals surface area contributed by atoms with E-state index in [0.717, 1.165) is 29.4 Å². The first kappa shape index (κ1) is 18.3. The molecule has 0 unspecified atom stereocenters. The lowest BCUT2D eigenvalue weighted by molar-refractivity contribution is -0.119. The number of nitrogens with zero attached hydrogens (tertiary/aromatic N) is 3. The number of carbonyl (C=O) groups excluding carboxylic acids is 1. The van der Waals surface area contributed by atoms with Crippen LogP contribution in [0.1, 0.15) is 26.7 Å². The third-order valence-corrected chi connectivity index (χ3v) is 4.49. The predicted molar refractivity (Wildman–Crippen MR) is 98.9 cm³/mol. The SMILES string of the molecule is C=CCn1c(SCC(=O)N[C@@H](C)CCC)nnc1-c1ccccc1. The first-order valence-electron chi connectivity index (χ1n) is 8.17. The Kier molecular flexibility index (Phi) is 7.06. The van der Waals surface area contributed by atoms with Gasteiger partial charge in [-0.25, -0.2) is 0 Å². The van der Waals surface area contributed by atoms with Gasteiger partial charge in [-0.2, -0.15) is 0 Å². The lowest BCUT2D eigenvalue weighted by Crippen LogP contribution is -2.33. The first-order valence-corrected chi connectivity index (χ1v) is 9.16. The topological polar surface area (TPSA) is 59.8 Å². The molecule has 24 heavy (non-hydrogen) atoms. The summed E-state index contributed by atoms with van der Waals surface area (Å²) in [6, 6.07) is 10.1. The van der Waals surface area contributed by atoms with Crippen LogP contribution in [-0.2, 0) is 11.3 Å². The summed E-state index contributed by atoms with van der Waals surface area (Å²) >= 11 is 1.40. The van der Waals surface area contributed by atoms with Crippen LogP contribution in [0.2, 0.25) is 0 Å². The Morgan fingerprint density at radius 3 is 2.79 bits per heavy atom. The molecule has 0 radical (unpaired) electrons. The minimum absolute atomic E-state index is 0.0235. The highest BCUT2D eigenvalue weighted by atomic mass is 32.2. The molecule has 0 saturated heterocycles. The Bertz CT molecular complexity index is 669. The zero-order valence-electron chi connectivity index (χ0n) is 14.2. The zero-order valence-corrected chi connectivity index (χ0v) is 15.1. The monoisotopic (exact) mass is 344 g/mol. The molecule has 0 aliphatic heterocycles. The molecule has 0 spiro atoms. The van der Waals surface area contributed by atoms with Crippen LogP contribution in [-0.4, -0.2) is 32.5 Å². The number of hydrogen-bond donors (Lipinski definition) is 1. The van der Waals surface area contributed by atoms with Crippen LogP contribution in [0.4, 0.5) is 0 Å². The lowest BCUT2D eigenvalue weighted by atomic mass is 10.2. The highest BCUT2D eigenvalue weighted by Gasteiger charge is 2.15. The molecule has 1 aromatic carbocycles. The van der Waals surface area contributed by atoms with Gasteiger partial charge in [0.05, 0.1) is 5.75 Å². The van der Waals surface area contributed by atoms with E-state index in [9.17, 15) is 4.79 Å². The molecule has 1 atom stereocenters. The van der Waals surface area contributed by atoms with Crippen LogP contribution < -0.4 is 5.32 Å². The van der Waals surface area contributed by atoms with Crippen molar-refractivity contribution in [1.29, 1.82) is 0 Å². The molecule has 2 aromatic rings. The van der Waals surface area contributed by atoms with Gasteiger partial charge in [0.15, 0.2) is 11.0 Å². The number of nitrogens with one attached hydrogen (secondary N) is 1. The molecule has 0 aliphatic rings. The van der Waals surface area contributed by atoms with E-state index < -0.39 is 0 Å². The van der Waals surface area contributed by atoms with Gasteiger partial charge in [-0.1, -0.05) is 61.5 Å². The van der Waals surface area contributed by atoms with Crippen molar-refractivity contribution in [3.8, 4) is 11.4 Å². The summed E-state index contributed by atoms with van der Waals surface area (Å²) in [5, 5.41) is 12.3. The van der Waals surface area contributed by atoms with Gasteiger partial charge in [-0.15, -0.1) is 16.8 Å². The van der Waals surface area contributed by atoms with Crippen LogP contribution >= 0.6 is 11.8 Å². The van der Waals surface area contributed by atoms with Crippen molar-refractivity contribution in [3.63, 3.8) is 0 Å². The van der Waals surface area contributed by atoms with Crippen molar-refractivity contribution >= 4 is 17.7 Å². The molecular formula is C18H24N4OS. The van der Waals surface area contributed by atoms with E-state index in [2.05, 4.69) is 29.0 Å². The summed E-state index contributed by atoms with van der Waals surface area (Å²) in [5.74, 6) is 1.14. The van der Waals surface area contributed by atoms with Gasteiger partial charge >= 0.3 is 0 Å². The molecule has 128 valence electrons. The molecule has 0 bridgehead atoms. The quantitative estimate of drug-likeness (QED) is 0.558. The Balaban J connectivity index is 2.06. The minimum Gasteiger partial charge on any atom is -0.353 e. The molecule has 0 fully saturated rings. The van der Waals surface area contributed by atoms with E-state index in [1.807, 2.05) is 47.9 Å². The van der Waals surface area contributed by atoms with Crippen molar-refractivity contribution in [2.24, 2.45) is 0 Å². The maximum atomic E-state index is 12.0. The average molecular weight is 344 g/mol. The highest BCUT2D eigenvalue weighted by molar-refractivity contribution is 7.99. The van der Waals surface area contributed by atoms with E-state index >= 15 is 0 Å². The number of benzene rings is 1. The van der Waals surface area contributed by atoms with Crippen molar-refractivity contribution in [1.82, 2.24) is 20.1 Å². The Hall–Kier alpha value is -2.08. The maximum absolute atomic E-state index is 12.0. The van der Waals surface area contributed by atoms with Gasteiger partial charge in [0.2, 0.25) is 5.91 Å². The van der Waals surface area contributed by atoms with Crippen LogP contribution in [0.25, 0.3) is 11.4 Å². The molecule has 0 aliphatic carbocycles. The van der Waals surface area contributed by atoms with E-state index in [4.69, 9.17) is 0 Å². The molecule has 1 amide bonds. The molecule has 0 saturated carbocycles. The smallest absolute Gasteiger partial charge is 0.230 e. The molecule has 1 heterocycles. The summed E-state index contributed by atoms with van der Waals surface area (Å²) in [7, 11) is 0. The van der Waals surface area contributed by atoms with Crippen molar-refractivity contribution < 1.29 is 4.79 Å². The van der Waals surface area contributed by atoms with Gasteiger partial charge in [-0.3, -0.25) is 9.36 Å². The first-order chi connectivity index (χ1) is 11.7. The standard InChI is InChI=1S/C18H24N4OS/c1-4-9-14(3)19-16(23)13-24-18-21-20-17(22(18)12-5-2)15-10-7-6-8-11-15/h5-8,10-11,14H,2,4,9,12-13H2,1,3H3,(H,19,23)/t14-/m0/s1. The fourth-order valence-electron chi connectivity index (χ4n) is 2.44. The molecule has 1 N–H and O–H groups in total. The van der Waals surface area contributed by atoms with Gasteiger partial charge in [0.1, 0.15) is 0 Å². The number of aromatic nitrogens is 3. The third-order valence-electron chi connectivity index (χ3n) is 3.52. The molecular weight excluding hydrogens is 320 g/mol. The van der Waals surface area contributed by atoms with E-state index in [1.165, 1.54) is 11.8 Å². The summed E-state index contributed by atoms with van der Waals surface area (Å²) < 4.78 is 1.98. The minimum atomic E-state index is 0.0235. The Morgan fingerprint density at radius 1 is 1.38 bits per heavy atom. The number of thioether (sulfide) groups is 1. The fourth-order valence-corrected chi connectivity index (χ4v) is 3.20. The van der Waals surface area contributed by atoms with Crippen molar-refractivity contribution in [3.05, 3.63) is 43.0 Å². The van der Waals surface area contributed by atoms with E-state index in [-0.39, 0.29) is 11.9 Å². The van der Waals surface area contributed by atoms with Crippen LogP contribution in [0.5, 0.6) is 0 Å². The largest absolute Gasteiger partial charge is 0.353 e. The van der Waals surface area contributed by atoms with Crippen LogP contribution in [0, 0.1) is 0 Å². The van der Waals surface area contributed by atoms with Gasteiger partial charge in [-0.05, 0) is 13.3 Å². The number of hydrogen-bond acceptors (Lipinski definition) is 4. The van der Waals surface area contributed by atoms with Crippen LogP contribution in [0.3, 0.4) is 0 Å². The summed E-state index contributed by atoms with van der Waals surface area (Å²) in [6.07, 6.45) is 3.85. The Labute approximate surface area is 147 Å². The van der Waals surface area contributed by atoms with Gasteiger partial charge in [0.25, 0.3) is 0 Å². The third kappa shape index (κ3) is 4.96. The van der Waals surface area contributed by atoms with Crippen LogP contribution in [0.15, 0.2) is 48.1 Å². The normalized spacial score (nSPS) is 11.9. The average Bonchev–Trinajstić information content (AvgIpc) is 2.97. The molecule has 1 aromatic heterocycles. The second-order valence-electron chi connectivity index (χ2n) is 5.62. The van der Waals surface area contributed by atoms with Gasteiger partial charge in [0, 0.05) is 18.2 Å². The lowest BCUT2D eigenvalue weighted by Gasteiger charge is -2.12. The molecule has 2 rings (SSSR count). The summed E-state index contributed by atoms with van der Waals surface area (Å²) in [6.45, 7) is 8.55. The highest BCUT2D eigenvalue weighted by Crippen LogP contribution is 2.23. The number of carbonyl (C=O) groups is 1. The zero-order chi connectivity index (χ0) is 17.4. The molecule has 6 heteroatoms. The van der Waals surface area contributed by atoms with Crippen molar-refractivity contribution in [2.75, 3.05) is 5.75 Å². The number of allylic oxidation sites excluding steroid dienone is 1. The predicted octanol–water partition coefficient (Wildman–Crippen LogP) is 3.53. The van der Waals surface area contributed by atoms with E-state index in [1.54, 1.807) is 0 Å². The Morgan fingerprint density at radius 2 is 2.12 bits per heavy atom. The summed E-state index contributed by atoms with van der Waals surface area (Å²) in [4.78, 5) is 12.0. The number of amides is 1. The van der Waals surface area contributed by atoms with Crippen molar-refractivity contribution in [2.45, 2.75) is 44.4 Å². The maximum Gasteiger partial charge on any atom is 0.230 e. The van der Waals surface area contributed by atoms with Gasteiger partial charge < -0.3 is 5.32 Å². The second-order valence-corrected chi connectivity index (χ2v) is 6.56. The fraction of sp³-hybridized carbons (Fsp3) is 0.389. The van der Waals surface area contributed by atoms with E-state index in [0.29, 0.717) is 12.3 Å². The summed E-state index contributed by atoms with van der Waals surface area (Å²) in [5.41, 5.74) is 1.000.